The Morgan fingerprint density at radius 3 is 2.68 bits per heavy atom. The fourth-order valence-electron chi connectivity index (χ4n) is 3.14. The fourth-order valence-corrected chi connectivity index (χ4v) is 3.14. The molecule has 0 amide bonds. The molecule has 1 aliphatic heterocycles. The zero-order valence-electron chi connectivity index (χ0n) is 15.5. The first-order chi connectivity index (χ1) is 13.6. The molecule has 2 heterocycles. The number of ketones is 1. The highest BCUT2D eigenvalue weighted by molar-refractivity contribution is 5.98. The Morgan fingerprint density at radius 2 is 1.86 bits per heavy atom. The van der Waals surface area contributed by atoms with Crippen molar-refractivity contribution in [3.8, 4) is 11.5 Å². The molecule has 6 heteroatoms. The Hall–Kier alpha value is -3.28. The van der Waals surface area contributed by atoms with Gasteiger partial charge in [-0.25, -0.2) is 0 Å². The van der Waals surface area contributed by atoms with Gasteiger partial charge < -0.3 is 18.6 Å². The van der Waals surface area contributed by atoms with E-state index in [1.54, 1.807) is 24.5 Å². The molecule has 0 saturated carbocycles. The minimum atomic E-state index is -0.479. The molecule has 1 aromatic heterocycles. The van der Waals surface area contributed by atoms with E-state index >= 15 is 0 Å². The maximum absolute atomic E-state index is 12.3. The Bertz CT molecular complexity index is 1030. The van der Waals surface area contributed by atoms with Crippen LogP contribution in [0, 0.1) is 0 Å². The average molecular weight is 380 g/mol. The largest absolute Gasteiger partial charge is 0.486 e. The average Bonchev–Trinajstić information content (AvgIpc) is 3.13. The number of rotatable bonds is 6. The fraction of sp³-hybridized carbons (Fsp3) is 0.273. The molecule has 0 N–H and O–H groups in total. The van der Waals surface area contributed by atoms with Crippen LogP contribution in [0.2, 0.25) is 0 Å². The van der Waals surface area contributed by atoms with Crippen LogP contribution in [0.25, 0.3) is 11.0 Å². The minimum absolute atomic E-state index is 0.0485. The number of furan rings is 1. The van der Waals surface area contributed by atoms with Crippen LogP contribution in [0.15, 0.2) is 47.1 Å². The van der Waals surface area contributed by atoms with Crippen molar-refractivity contribution in [1.29, 1.82) is 0 Å². The highest BCUT2D eigenvalue weighted by Crippen LogP contribution is 2.31. The van der Waals surface area contributed by atoms with Gasteiger partial charge in [0.2, 0.25) is 0 Å². The lowest BCUT2D eigenvalue weighted by molar-refractivity contribution is -0.141. The third kappa shape index (κ3) is 3.71. The van der Waals surface area contributed by atoms with E-state index in [9.17, 15) is 9.59 Å². The van der Waals surface area contributed by atoms with E-state index in [-0.39, 0.29) is 18.8 Å². The summed E-state index contributed by atoms with van der Waals surface area (Å²) in [4.78, 5) is 24.5. The lowest BCUT2D eigenvalue weighted by Gasteiger charge is -2.18. The van der Waals surface area contributed by atoms with E-state index in [4.69, 9.17) is 18.6 Å². The van der Waals surface area contributed by atoms with Gasteiger partial charge in [0.15, 0.2) is 23.9 Å². The second-order valence-electron chi connectivity index (χ2n) is 6.56. The number of hydrogen-bond donors (Lipinski definition) is 0. The number of fused-ring (bicyclic) bond motifs is 2. The van der Waals surface area contributed by atoms with E-state index < -0.39 is 5.97 Å². The number of benzene rings is 2. The molecule has 2 aromatic carbocycles. The predicted octanol–water partition coefficient (Wildman–Crippen LogP) is 3.74. The summed E-state index contributed by atoms with van der Waals surface area (Å²) in [6.07, 6.45) is 2.52. The van der Waals surface area contributed by atoms with Crippen LogP contribution < -0.4 is 9.47 Å². The van der Waals surface area contributed by atoms with E-state index in [1.165, 1.54) is 5.56 Å². The van der Waals surface area contributed by atoms with Crippen LogP contribution in [0.1, 0.15) is 28.4 Å². The molecule has 0 atom stereocenters. The van der Waals surface area contributed by atoms with Gasteiger partial charge in [-0.05, 0) is 36.2 Å². The second kappa shape index (κ2) is 7.76. The third-order valence-electron chi connectivity index (χ3n) is 4.69. The van der Waals surface area contributed by atoms with Crippen molar-refractivity contribution in [3.05, 3.63) is 59.4 Å². The summed E-state index contributed by atoms with van der Waals surface area (Å²) in [7, 11) is 0. The number of carbonyl (C=O) groups excluding carboxylic acids is 2. The van der Waals surface area contributed by atoms with Gasteiger partial charge in [0.05, 0.1) is 12.7 Å². The summed E-state index contributed by atoms with van der Waals surface area (Å²) in [5, 5.41) is 0.882. The van der Waals surface area contributed by atoms with Crippen molar-refractivity contribution < 1.29 is 28.2 Å². The number of esters is 1. The van der Waals surface area contributed by atoms with Gasteiger partial charge in [-0.15, -0.1) is 0 Å². The molecular formula is C22H20O6. The molecule has 0 radical (unpaired) electrons. The Labute approximate surface area is 162 Å². The molecule has 1 aliphatic rings. The van der Waals surface area contributed by atoms with E-state index in [2.05, 4.69) is 6.92 Å². The van der Waals surface area contributed by atoms with Gasteiger partial charge in [-0.2, -0.15) is 0 Å². The van der Waals surface area contributed by atoms with Crippen LogP contribution >= 0.6 is 0 Å². The second-order valence-corrected chi connectivity index (χ2v) is 6.56. The molecule has 28 heavy (non-hydrogen) atoms. The third-order valence-corrected chi connectivity index (χ3v) is 4.69. The number of hydrogen-bond acceptors (Lipinski definition) is 6. The summed E-state index contributed by atoms with van der Waals surface area (Å²) in [5.74, 6) is 0.362. The van der Waals surface area contributed by atoms with Crippen LogP contribution in [-0.4, -0.2) is 31.6 Å². The van der Waals surface area contributed by atoms with Gasteiger partial charge >= 0.3 is 5.97 Å². The molecule has 4 rings (SSSR count). The number of carbonyl (C=O) groups is 2. The monoisotopic (exact) mass is 380 g/mol. The number of aryl methyl sites for hydroxylation is 1. The van der Waals surface area contributed by atoms with Crippen LogP contribution in [-0.2, 0) is 22.4 Å². The number of Topliss-reactive ketones (excluding diaryl/α,β-unsaturated/α-hetero) is 1. The summed E-state index contributed by atoms with van der Waals surface area (Å²) >= 11 is 0. The van der Waals surface area contributed by atoms with E-state index in [0.29, 0.717) is 30.3 Å². The first-order valence-corrected chi connectivity index (χ1v) is 9.21. The van der Waals surface area contributed by atoms with E-state index in [1.807, 2.05) is 18.2 Å². The molecular weight excluding hydrogens is 360 g/mol. The molecule has 0 fully saturated rings. The Morgan fingerprint density at radius 1 is 1.04 bits per heavy atom. The Balaban J connectivity index is 1.37. The van der Waals surface area contributed by atoms with Gasteiger partial charge in [0, 0.05) is 16.5 Å². The molecule has 144 valence electrons. The normalized spacial score (nSPS) is 12.8. The van der Waals surface area contributed by atoms with Gasteiger partial charge in [-0.3, -0.25) is 9.59 Å². The molecule has 0 spiro atoms. The zero-order chi connectivity index (χ0) is 19.5. The van der Waals surface area contributed by atoms with Crippen molar-refractivity contribution in [3.63, 3.8) is 0 Å². The first kappa shape index (κ1) is 18.1. The van der Waals surface area contributed by atoms with Crippen LogP contribution in [0.5, 0.6) is 11.5 Å². The topological polar surface area (TPSA) is 75.0 Å². The van der Waals surface area contributed by atoms with Crippen molar-refractivity contribution in [2.45, 2.75) is 19.8 Å². The molecule has 0 unspecified atom stereocenters. The minimum Gasteiger partial charge on any atom is -0.486 e. The van der Waals surface area contributed by atoms with Gasteiger partial charge in [0.1, 0.15) is 18.8 Å². The smallest absolute Gasteiger partial charge is 0.310 e. The van der Waals surface area contributed by atoms with Gasteiger partial charge in [-0.1, -0.05) is 19.1 Å². The summed E-state index contributed by atoms with van der Waals surface area (Å²) in [6.45, 7) is 2.67. The summed E-state index contributed by atoms with van der Waals surface area (Å²) in [6, 6.07) is 10.9. The predicted molar refractivity (Wildman–Crippen MR) is 102 cm³/mol. The number of ether oxygens (including phenoxy) is 3. The van der Waals surface area contributed by atoms with Crippen molar-refractivity contribution >= 4 is 22.7 Å². The van der Waals surface area contributed by atoms with Crippen molar-refractivity contribution in [2.24, 2.45) is 0 Å². The lowest BCUT2D eigenvalue weighted by atomic mass is 10.1. The first-order valence-electron chi connectivity index (χ1n) is 9.21. The van der Waals surface area contributed by atoms with Crippen molar-refractivity contribution in [1.82, 2.24) is 0 Å². The molecule has 0 saturated heterocycles. The Kier molecular flexibility index (Phi) is 5.02. The molecule has 3 aromatic rings. The SMILES string of the molecule is CCc1ccc2c(CC(=O)OCC(=O)c3ccc4c(c3)OCCO4)coc2c1. The standard InChI is InChI=1S/C22H20O6/c1-2-14-3-5-17-16(12-27-20(17)9-14)11-22(24)28-13-18(23)15-4-6-19-21(10-15)26-8-7-25-19/h3-6,9-10,12H,2,7-8,11,13H2,1H3. The zero-order valence-corrected chi connectivity index (χ0v) is 15.5. The summed E-state index contributed by atoms with van der Waals surface area (Å²) in [5.41, 5.74) is 3.07. The van der Waals surface area contributed by atoms with Crippen LogP contribution in [0.4, 0.5) is 0 Å². The summed E-state index contributed by atoms with van der Waals surface area (Å²) < 4.78 is 21.6. The lowest BCUT2D eigenvalue weighted by Crippen LogP contribution is -2.18. The van der Waals surface area contributed by atoms with E-state index in [0.717, 1.165) is 23.0 Å². The highest BCUT2D eigenvalue weighted by atomic mass is 16.6. The van der Waals surface area contributed by atoms with Crippen LogP contribution in [0.3, 0.4) is 0 Å². The van der Waals surface area contributed by atoms with Gasteiger partial charge in [0.25, 0.3) is 0 Å². The maximum atomic E-state index is 12.3. The van der Waals surface area contributed by atoms with Crippen molar-refractivity contribution in [2.75, 3.05) is 19.8 Å². The molecule has 0 bridgehead atoms. The quantitative estimate of drug-likeness (QED) is 0.479. The molecule has 6 nitrogen and oxygen atoms in total. The molecule has 0 aliphatic carbocycles. The highest BCUT2D eigenvalue weighted by Gasteiger charge is 2.17. The maximum Gasteiger partial charge on any atom is 0.310 e.